The number of thiazole rings is 1. The highest BCUT2D eigenvalue weighted by Gasteiger charge is 2.18. The number of carbonyl (C=O) groups is 2. The van der Waals surface area contributed by atoms with Gasteiger partial charge in [-0.15, -0.1) is 0 Å². The van der Waals surface area contributed by atoms with Crippen LogP contribution in [0.4, 0.5) is 21.3 Å². The van der Waals surface area contributed by atoms with E-state index in [1.807, 2.05) is 32.0 Å². The van der Waals surface area contributed by atoms with Gasteiger partial charge in [-0.05, 0) is 56.2 Å². The van der Waals surface area contributed by atoms with Gasteiger partial charge in [0.2, 0.25) is 0 Å². The van der Waals surface area contributed by atoms with Crippen LogP contribution < -0.4 is 16.0 Å². The third-order valence-corrected chi connectivity index (χ3v) is 5.37. The Morgan fingerprint density at radius 1 is 0.929 bits per heavy atom. The van der Waals surface area contributed by atoms with Crippen LogP contribution in [-0.4, -0.2) is 16.9 Å². The zero-order chi connectivity index (χ0) is 20.3. The topological polar surface area (TPSA) is 83.1 Å². The number of halogens is 1. The van der Waals surface area contributed by atoms with Crippen molar-refractivity contribution in [3.8, 4) is 0 Å². The molecule has 0 aliphatic heterocycles. The van der Waals surface area contributed by atoms with Crippen molar-refractivity contribution in [2.75, 3.05) is 16.0 Å². The molecule has 28 heavy (non-hydrogen) atoms. The van der Waals surface area contributed by atoms with Crippen molar-refractivity contribution < 1.29 is 9.59 Å². The summed E-state index contributed by atoms with van der Waals surface area (Å²) in [6.45, 7) is 5.62. The van der Waals surface area contributed by atoms with Gasteiger partial charge in [0.25, 0.3) is 5.91 Å². The van der Waals surface area contributed by atoms with Crippen molar-refractivity contribution in [3.63, 3.8) is 0 Å². The quantitative estimate of drug-likeness (QED) is 0.518. The van der Waals surface area contributed by atoms with Gasteiger partial charge in [-0.3, -0.25) is 10.1 Å². The Morgan fingerprint density at radius 3 is 2.21 bits per heavy atom. The Bertz CT molecular complexity index is 1010. The lowest BCUT2D eigenvalue weighted by Crippen LogP contribution is -2.19. The summed E-state index contributed by atoms with van der Waals surface area (Å²) >= 11 is 6.95. The number of urea groups is 1. The number of aryl methyl sites for hydroxylation is 3. The first-order valence-corrected chi connectivity index (χ1v) is 9.71. The molecule has 0 radical (unpaired) electrons. The average Bonchev–Trinajstić information content (AvgIpc) is 3.00. The maximum Gasteiger partial charge on any atom is 0.325 e. The molecule has 3 N–H and O–H groups in total. The van der Waals surface area contributed by atoms with Crippen molar-refractivity contribution in [2.24, 2.45) is 0 Å². The Labute approximate surface area is 172 Å². The first-order chi connectivity index (χ1) is 13.3. The van der Waals surface area contributed by atoms with Crippen LogP contribution >= 0.6 is 22.9 Å². The van der Waals surface area contributed by atoms with Gasteiger partial charge in [0.05, 0.1) is 5.69 Å². The highest BCUT2D eigenvalue weighted by atomic mass is 35.5. The molecule has 3 rings (SSSR count). The maximum absolute atomic E-state index is 12.7. The van der Waals surface area contributed by atoms with Crippen LogP contribution in [0.25, 0.3) is 0 Å². The molecular weight excluding hydrogens is 396 g/mol. The van der Waals surface area contributed by atoms with Crippen LogP contribution in [0.5, 0.6) is 0 Å². The molecule has 0 aliphatic carbocycles. The van der Waals surface area contributed by atoms with Gasteiger partial charge in [-0.1, -0.05) is 41.1 Å². The van der Waals surface area contributed by atoms with E-state index in [-0.39, 0.29) is 5.91 Å². The number of benzene rings is 2. The molecule has 144 valence electrons. The Balaban J connectivity index is 1.69. The predicted octanol–water partition coefficient (Wildman–Crippen LogP) is 5.62. The summed E-state index contributed by atoms with van der Waals surface area (Å²) in [5.74, 6) is -0.251. The predicted molar refractivity (Wildman–Crippen MR) is 115 cm³/mol. The van der Waals surface area contributed by atoms with Crippen molar-refractivity contribution in [2.45, 2.75) is 20.8 Å². The standard InChI is InChI=1S/C20H19ClN4O2S/c1-11-5-4-6-12(2)16(11)24-18(26)17-13(3)22-20(28-17)25-19(27)23-15-9-7-14(21)8-10-15/h4-10H,1-3H3,(H,24,26)(H2,22,23,25,27). The van der Waals surface area contributed by atoms with E-state index < -0.39 is 6.03 Å². The molecule has 0 unspecified atom stereocenters. The summed E-state index contributed by atoms with van der Waals surface area (Å²) in [7, 11) is 0. The molecule has 0 saturated heterocycles. The smallest absolute Gasteiger partial charge is 0.321 e. The van der Waals surface area contributed by atoms with Crippen LogP contribution in [0, 0.1) is 20.8 Å². The molecule has 0 atom stereocenters. The normalized spacial score (nSPS) is 10.4. The molecule has 1 aromatic heterocycles. The zero-order valence-electron chi connectivity index (χ0n) is 15.6. The van der Waals surface area contributed by atoms with Gasteiger partial charge in [0, 0.05) is 16.4 Å². The number of carbonyl (C=O) groups excluding carboxylic acids is 2. The first kappa shape index (κ1) is 19.9. The second kappa shape index (κ2) is 8.41. The fourth-order valence-electron chi connectivity index (χ4n) is 2.64. The largest absolute Gasteiger partial charge is 0.325 e. The monoisotopic (exact) mass is 414 g/mol. The van der Waals surface area contributed by atoms with E-state index in [4.69, 9.17) is 11.6 Å². The summed E-state index contributed by atoms with van der Waals surface area (Å²) in [5.41, 5.74) is 3.90. The fraction of sp³-hybridized carbons (Fsp3) is 0.150. The lowest BCUT2D eigenvalue weighted by Gasteiger charge is -2.10. The molecule has 2 aromatic carbocycles. The molecule has 0 spiro atoms. The lowest BCUT2D eigenvalue weighted by molar-refractivity contribution is 0.102. The van der Waals surface area contributed by atoms with Crippen LogP contribution in [0.3, 0.4) is 0 Å². The maximum atomic E-state index is 12.7. The Morgan fingerprint density at radius 2 is 1.57 bits per heavy atom. The van der Waals surface area contributed by atoms with E-state index in [1.54, 1.807) is 31.2 Å². The molecule has 3 aromatic rings. The fourth-order valence-corrected chi connectivity index (χ4v) is 3.62. The number of anilines is 3. The van der Waals surface area contributed by atoms with E-state index in [9.17, 15) is 9.59 Å². The molecule has 3 amide bonds. The number of aromatic nitrogens is 1. The molecule has 8 heteroatoms. The van der Waals surface area contributed by atoms with E-state index in [0.29, 0.717) is 26.4 Å². The third kappa shape index (κ3) is 4.68. The summed E-state index contributed by atoms with van der Waals surface area (Å²) in [6, 6.07) is 12.1. The van der Waals surface area contributed by atoms with Crippen molar-refractivity contribution in [1.29, 1.82) is 0 Å². The van der Waals surface area contributed by atoms with E-state index in [1.165, 1.54) is 0 Å². The summed E-state index contributed by atoms with van der Waals surface area (Å²) in [6.07, 6.45) is 0. The Hall–Kier alpha value is -2.90. The molecular formula is C20H19ClN4O2S. The van der Waals surface area contributed by atoms with E-state index >= 15 is 0 Å². The summed E-state index contributed by atoms with van der Waals surface area (Å²) in [5, 5.41) is 9.21. The number of rotatable bonds is 4. The third-order valence-electron chi connectivity index (χ3n) is 4.05. The molecule has 1 heterocycles. The summed E-state index contributed by atoms with van der Waals surface area (Å²) in [4.78, 5) is 29.6. The van der Waals surface area contributed by atoms with Crippen molar-refractivity contribution >= 4 is 51.4 Å². The number of hydrogen-bond donors (Lipinski definition) is 3. The summed E-state index contributed by atoms with van der Waals surface area (Å²) < 4.78 is 0. The first-order valence-electron chi connectivity index (χ1n) is 8.52. The van der Waals surface area contributed by atoms with Crippen LogP contribution in [0.1, 0.15) is 26.5 Å². The highest BCUT2D eigenvalue weighted by Crippen LogP contribution is 2.26. The zero-order valence-corrected chi connectivity index (χ0v) is 17.2. The lowest BCUT2D eigenvalue weighted by atomic mass is 10.1. The SMILES string of the molecule is Cc1cccc(C)c1NC(=O)c1sc(NC(=O)Nc2ccc(Cl)cc2)nc1C. The number of para-hydroxylation sites is 1. The van der Waals surface area contributed by atoms with Gasteiger partial charge >= 0.3 is 6.03 Å². The van der Waals surface area contributed by atoms with E-state index in [0.717, 1.165) is 28.2 Å². The van der Waals surface area contributed by atoms with Crippen LogP contribution in [0.2, 0.25) is 5.02 Å². The Kier molecular flexibility index (Phi) is 5.96. The van der Waals surface area contributed by atoms with Gasteiger partial charge in [0.1, 0.15) is 4.88 Å². The minimum absolute atomic E-state index is 0.251. The number of amides is 3. The molecule has 0 fully saturated rings. The van der Waals surface area contributed by atoms with Crippen LogP contribution in [-0.2, 0) is 0 Å². The molecule has 0 saturated carbocycles. The molecule has 0 bridgehead atoms. The number of nitrogens with zero attached hydrogens (tertiary/aromatic N) is 1. The second-order valence-corrected chi connectivity index (χ2v) is 7.68. The highest BCUT2D eigenvalue weighted by molar-refractivity contribution is 7.17. The van der Waals surface area contributed by atoms with Gasteiger partial charge in [0.15, 0.2) is 5.13 Å². The van der Waals surface area contributed by atoms with Crippen molar-refractivity contribution in [3.05, 3.63) is 69.2 Å². The van der Waals surface area contributed by atoms with Crippen LogP contribution in [0.15, 0.2) is 42.5 Å². The second-order valence-electron chi connectivity index (χ2n) is 6.24. The average molecular weight is 415 g/mol. The minimum Gasteiger partial charge on any atom is -0.321 e. The van der Waals surface area contributed by atoms with Gasteiger partial charge in [-0.25, -0.2) is 9.78 Å². The molecule has 6 nitrogen and oxygen atoms in total. The number of hydrogen-bond acceptors (Lipinski definition) is 4. The number of nitrogens with one attached hydrogen (secondary N) is 3. The van der Waals surface area contributed by atoms with E-state index in [2.05, 4.69) is 20.9 Å². The molecule has 0 aliphatic rings. The van der Waals surface area contributed by atoms with Crippen molar-refractivity contribution in [1.82, 2.24) is 4.98 Å². The minimum atomic E-state index is -0.447. The van der Waals surface area contributed by atoms with Gasteiger partial charge in [-0.2, -0.15) is 0 Å². The van der Waals surface area contributed by atoms with Gasteiger partial charge < -0.3 is 10.6 Å².